The summed E-state index contributed by atoms with van der Waals surface area (Å²) >= 11 is 0. The van der Waals surface area contributed by atoms with E-state index < -0.39 is 0 Å². The minimum Gasteiger partial charge on any atom is -0.382 e. The Hall–Kier alpha value is -3.07. The van der Waals surface area contributed by atoms with Gasteiger partial charge in [-0.25, -0.2) is 9.97 Å². The van der Waals surface area contributed by atoms with Crippen LogP contribution in [0.15, 0.2) is 36.7 Å². The lowest BCUT2D eigenvalue weighted by Gasteiger charge is -2.09. The van der Waals surface area contributed by atoms with E-state index in [0.29, 0.717) is 5.82 Å². The van der Waals surface area contributed by atoms with E-state index in [0.717, 1.165) is 16.6 Å². The predicted octanol–water partition coefficient (Wildman–Crippen LogP) is 2.17. The smallest absolute Gasteiger partial charge is 0.183 e. The van der Waals surface area contributed by atoms with Gasteiger partial charge in [0.25, 0.3) is 0 Å². The molecule has 2 heterocycles. The van der Waals surface area contributed by atoms with E-state index >= 15 is 0 Å². The highest BCUT2D eigenvalue weighted by Gasteiger charge is 2.09. The first-order valence-electron chi connectivity index (χ1n) is 6.03. The fourth-order valence-electron chi connectivity index (χ4n) is 2.11. The van der Waals surface area contributed by atoms with E-state index in [1.54, 1.807) is 0 Å². The number of nitriles is 1. The van der Waals surface area contributed by atoms with E-state index in [-0.39, 0.29) is 11.5 Å². The Bertz CT molecular complexity index is 827. The van der Waals surface area contributed by atoms with Gasteiger partial charge in [-0.05, 0) is 18.2 Å². The number of fused-ring (bicyclic) bond motifs is 1. The second-order valence-corrected chi connectivity index (χ2v) is 4.39. The number of hydrogen-bond donors (Lipinski definition) is 2. The molecule has 0 aliphatic heterocycles. The van der Waals surface area contributed by atoms with Gasteiger partial charge >= 0.3 is 0 Å². The molecule has 0 amide bonds. The minimum atomic E-state index is 0.215. The van der Waals surface area contributed by atoms with Gasteiger partial charge in [0.2, 0.25) is 0 Å². The molecular formula is C14H12N6. The topological polar surface area (TPSA) is 92.6 Å². The second kappa shape index (κ2) is 4.55. The van der Waals surface area contributed by atoms with Gasteiger partial charge in [-0.3, -0.25) is 0 Å². The number of nitrogens with two attached hydrogens (primary N) is 1. The molecule has 0 unspecified atom stereocenters. The average Bonchev–Trinajstić information content (AvgIpc) is 2.82. The maximum Gasteiger partial charge on any atom is 0.183 e. The van der Waals surface area contributed by atoms with Gasteiger partial charge in [0.1, 0.15) is 11.9 Å². The summed E-state index contributed by atoms with van der Waals surface area (Å²) in [5.41, 5.74) is 7.79. The van der Waals surface area contributed by atoms with Crippen LogP contribution in [0.1, 0.15) is 5.69 Å². The molecule has 0 aliphatic rings. The first-order chi connectivity index (χ1) is 9.69. The third-order valence-electron chi connectivity index (χ3n) is 3.08. The van der Waals surface area contributed by atoms with Gasteiger partial charge in [0.15, 0.2) is 11.5 Å². The molecule has 0 fully saturated rings. The van der Waals surface area contributed by atoms with Gasteiger partial charge in [-0.2, -0.15) is 5.26 Å². The summed E-state index contributed by atoms with van der Waals surface area (Å²) in [5, 5.41) is 13.2. The van der Waals surface area contributed by atoms with Crippen molar-refractivity contribution in [3.05, 3.63) is 42.4 Å². The van der Waals surface area contributed by atoms with Crippen LogP contribution >= 0.6 is 0 Å². The fraction of sp³-hybridized carbons (Fsp3) is 0.0714. The summed E-state index contributed by atoms with van der Waals surface area (Å²) in [5.74, 6) is 0.635. The highest BCUT2D eigenvalue weighted by molar-refractivity contribution is 5.94. The van der Waals surface area contributed by atoms with E-state index in [2.05, 4.69) is 15.3 Å². The monoisotopic (exact) mass is 264 g/mol. The van der Waals surface area contributed by atoms with Crippen molar-refractivity contribution in [3.63, 3.8) is 0 Å². The van der Waals surface area contributed by atoms with Crippen LogP contribution in [-0.2, 0) is 7.05 Å². The molecule has 20 heavy (non-hydrogen) atoms. The Labute approximate surface area is 115 Å². The maximum atomic E-state index is 9.07. The van der Waals surface area contributed by atoms with Gasteiger partial charge in [0.05, 0.1) is 6.20 Å². The van der Waals surface area contributed by atoms with Gasteiger partial charge in [0, 0.05) is 29.8 Å². The lowest BCUT2D eigenvalue weighted by Crippen LogP contribution is -2.02. The van der Waals surface area contributed by atoms with Crippen LogP contribution in [0.2, 0.25) is 0 Å². The largest absolute Gasteiger partial charge is 0.382 e. The summed E-state index contributed by atoms with van der Waals surface area (Å²) in [4.78, 5) is 8.09. The molecule has 0 saturated heterocycles. The standard InChI is InChI=1S/C14H12N6/c1-20-6-5-9-10(3-2-4-12(9)20)18-14-11(7-15)17-8-13(16)19-14/h2-6,8H,1H3,(H3,16,18,19). The van der Waals surface area contributed by atoms with Crippen LogP contribution in [0, 0.1) is 11.3 Å². The number of anilines is 3. The molecule has 0 atom stereocenters. The molecule has 3 rings (SSSR count). The summed E-state index contributed by atoms with van der Waals surface area (Å²) in [6.45, 7) is 0. The van der Waals surface area contributed by atoms with Gasteiger partial charge in [-0.15, -0.1) is 0 Å². The highest BCUT2D eigenvalue weighted by Crippen LogP contribution is 2.27. The van der Waals surface area contributed by atoms with Crippen LogP contribution in [0.5, 0.6) is 0 Å². The number of benzene rings is 1. The van der Waals surface area contributed by atoms with Crippen LogP contribution in [0.3, 0.4) is 0 Å². The van der Waals surface area contributed by atoms with Crippen molar-refractivity contribution in [2.75, 3.05) is 11.1 Å². The molecule has 3 aromatic rings. The first-order valence-corrected chi connectivity index (χ1v) is 6.03. The zero-order valence-corrected chi connectivity index (χ0v) is 10.8. The predicted molar refractivity (Wildman–Crippen MR) is 77.4 cm³/mol. The van der Waals surface area contributed by atoms with Gasteiger partial charge in [-0.1, -0.05) is 6.07 Å². The molecular weight excluding hydrogens is 252 g/mol. The van der Waals surface area contributed by atoms with E-state index in [9.17, 15) is 0 Å². The Morgan fingerprint density at radius 2 is 2.20 bits per heavy atom. The first kappa shape index (κ1) is 12.0. The Morgan fingerprint density at radius 3 is 3.00 bits per heavy atom. The summed E-state index contributed by atoms with van der Waals surface area (Å²) < 4.78 is 2.02. The number of aryl methyl sites for hydroxylation is 1. The highest BCUT2D eigenvalue weighted by atomic mass is 15.1. The molecule has 0 aliphatic carbocycles. The molecule has 0 spiro atoms. The number of hydrogen-bond acceptors (Lipinski definition) is 5. The molecule has 6 heteroatoms. The number of nitrogens with one attached hydrogen (secondary N) is 1. The third-order valence-corrected chi connectivity index (χ3v) is 3.08. The van der Waals surface area contributed by atoms with Crippen LogP contribution in [-0.4, -0.2) is 14.5 Å². The number of nitrogen functional groups attached to an aromatic ring is 1. The van der Waals surface area contributed by atoms with Crippen LogP contribution in [0.4, 0.5) is 17.3 Å². The third kappa shape index (κ3) is 1.91. The average molecular weight is 264 g/mol. The SMILES string of the molecule is Cn1ccc2c(Nc3nc(N)cnc3C#N)cccc21. The van der Waals surface area contributed by atoms with Gasteiger partial charge < -0.3 is 15.6 Å². The Kier molecular flexibility index (Phi) is 2.73. The van der Waals surface area contributed by atoms with Crippen molar-refractivity contribution in [3.8, 4) is 6.07 Å². The van der Waals surface area contributed by atoms with Crippen molar-refractivity contribution < 1.29 is 0 Å². The lowest BCUT2D eigenvalue weighted by atomic mass is 10.2. The molecule has 0 saturated carbocycles. The molecule has 0 radical (unpaired) electrons. The zero-order valence-electron chi connectivity index (χ0n) is 10.8. The van der Waals surface area contributed by atoms with Crippen molar-refractivity contribution in [1.82, 2.24) is 14.5 Å². The number of rotatable bonds is 2. The number of nitrogens with zero attached hydrogens (tertiary/aromatic N) is 4. The Balaban J connectivity index is 2.10. The fourth-order valence-corrected chi connectivity index (χ4v) is 2.11. The van der Waals surface area contributed by atoms with Crippen molar-refractivity contribution in [2.24, 2.45) is 7.05 Å². The van der Waals surface area contributed by atoms with Crippen LogP contribution in [0.25, 0.3) is 10.9 Å². The summed E-state index contributed by atoms with van der Waals surface area (Å²) in [6.07, 6.45) is 3.35. The molecule has 2 aromatic heterocycles. The van der Waals surface area contributed by atoms with Crippen molar-refractivity contribution in [1.29, 1.82) is 5.26 Å². The lowest BCUT2D eigenvalue weighted by molar-refractivity contribution is 0.969. The molecule has 6 nitrogen and oxygen atoms in total. The Morgan fingerprint density at radius 1 is 1.35 bits per heavy atom. The normalized spacial score (nSPS) is 10.4. The maximum absolute atomic E-state index is 9.07. The molecule has 3 N–H and O–H groups in total. The molecule has 0 bridgehead atoms. The van der Waals surface area contributed by atoms with Crippen LogP contribution < -0.4 is 11.1 Å². The van der Waals surface area contributed by atoms with Crippen molar-refractivity contribution in [2.45, 2.75) is 0 Å². The van der Waals surface area contributed by atoms with E-state index in [4.69, 9.17) is 11.0 Å². The van der Waals surface area contributed by atoms with Crippen molar-refractivity contribution >= 4 is 28.2 Å². The molecule has 98 valence electrons. The van der Waals surface area contributed by atoms with E-state index in [1.807, 2.05) is 48.1 Å². The zero-order chi connectivity index (χ0) is 14.1. The van der Waals surface area contributed by atoms with E-state index in [1.165, 1.54) is 6.20 Å². The molecule has 1 aromatic carbocycles. The quantitative estimate of drug-likeness (QED) is 0.740. The number of aromatic nitrogens is 3. The summed E-state index contributed by atoms with van der Waals surface area (Å²) in [6, 6.07) is 9.89. The minimum absolute atomic E-state index is 0.215. The second-order valence-electron chi connectivity index (χ2n) is 4.39. The summed E-state index contributed by atoms with van der Waals surface area (Å²) in [7, 11) is 1.98.